The molecule has 1 heterocycles. The van der Waals surface area contributed by atoms with Gasteiger partial charge in [-0.15, -0.1) is 13.2 Å². The first kappa shape index (κ1) is 17.1. The molecule has 7 heteroatoms. The Kier molecular flexibility index (Phi) is 4.49. The van der Waals surface area contributed by atoms with Crippen molar-refractivity contribution in [2.45, 2.75) is 39.0 Å². The average Bonchev–Trinajstić information content (AvgIpc) is 2.46. The molecule has 0 amide bonds. The summed E-state index contributed by atoms with van der Waals surface area (Å²) < 4.78 is 42.2. The van der Waals surface area contributed by atoms with Crippen LogP contribution in [0.15, 0.2) is 41.3 Å². The second-order valence-electron chi connectivity index (χ2n) is 5.76. The number of hydrogen-bond acceptors (Lipinski definition) is 3. The van der Waals surface area contributed by atoms with Gasteiger partial charge in [0.1, 0.15) is 11.4 Å². The van der Waals surface area contributed by atoms with Gasteiger partial charge in [0.2, 0.25) is 5.43 Å². The molecule has 0 radical (unpaired) electrons. The number of ether oxygens (including phenoxy) is 1. The monoisotopic (exact) mass is 326 g/mol. The number of alkyl halides is 3. The number of nitrogens with zero attached hydrogens (tertiary/aromatic N) is 2. The van der Waals surface area contributed by atoms with Gasteiger partial charge >= 0.3 is 6.36 Å². The molecule has 0 unspecified atom stereocenters. The molecule has 0 saturated carbocycles. The van der Waals surface area contributed by atoms with E-state index in [0.717, 1.165) is 0 Å². The Labute approximate surface area is 131 Å². The maximum atomic E-state index is 12.3. The van der Waals surface area contributed by atoms with Crippen molar-refractivity contribution in [3.8, 4) is 11.4 Å². The molecule has 0 aliphatic heterocycles. The van der Waals surface area contributed by atoms with Crippen molar-refractivity contribution in [1.82, 2.24) is 9.78 Å². The largest absolute Gasteiger partial charge is 0.573 e. The zero-order chi connectivity index (χ0) is 17.3. The summed E-state index contributed by atoms with van der Waals surface area (Å²) in [4.78, 5) is 12.0. The molecule has 0 aliphatic rings. The normalized spacial score (nSPS) is 12.3. The first-order valence-electron chi connectivity index (χ1n) is 7.09. The SMILES string of the molecule is CCC(C)(C)c1nn(-c2cccc(OC(F)(F)F)c2)ccc1=O. The highest BCUT2D eigenvalue weighted by Gasteiger charge is 2.31. The van der Waals surface area contributed by atoms with E-state index in [1.165, 1.54) is 35.1 Å². The molecule has 0 atom stereocenters. The lowest BCUT2D eigenvalue weighted by atomic mass is 9.86. The second-order valence-corrected chi connectivity index (χ2v) is 5.76. The van der Waals surface area contributed by atoms with E-state index in [0.29, 0.717) is 17.8 Å². The lowest BCUT2D eigenvalue weighted by Crippen LogP contribution is -2.28. The molecule has 0 N–H and O–H groups in total. The Morgan fingerprint density at radius 2 is 1.91 bits per heavy atom. The van der Waals surface area contributed by atoms with Crippen LogP contribution in [0.5, 0.6) is 5.75 Å². The van der Waals surface area contributed by atoms with Gasteiger partial charge in [-0.25, -0.2) is 4.68 Å². The number of rotatable bonds is 4. The molecular weight excluding hydrogens is 309 g/mol. The van der Waals surface area contributed by atoms with Gasteiger partial charge in [0, 0.05) is 23.7 Å². The van der Waals surface area contributed by atoms with E-state index in [1.807, 2.05) is 20.8 Å². The molecular formula is C16H17F3N2O2. The topological polar surface area (TPSA) is 44.1 Å². The van der Waals surface area contributed by atoms with Gasteiger partial charge in [-0.2, -0.15) is 5.10 Å². The average molecular weight is 326 g/mol. The lowest BCUT2D eigenvalue weighted by Gasteiger charge is -2.21. The predicted octanol–water partition coefficient (Wildman–Crippen LogP) is 3.82. The molecule has 1 aromatic carbocycles. The van der Waals surface area contributed by atoms with Crippen LogP contribution in [0.4, 0.5) is 13.2 Å². The summed E-state index contributed by atoms with van der Waals surface area (Å²) in [5.41, 5.74) is 0.112. The van der Waals surface area contributed by atoms with E-state index >= 15 is 0 Å². The van der Waals surface area contributed by atoms with Crippen molar-refractivity contribution in [1.29, 1.82) is 0 Å². The Morgan fingerprint density at radius 1 is 1.22 bits per heavy atom. The van der Waals surface area contributed by atoms with Gasteiger partial charge in [0.15, 0.2) is 0 Å². The Bertz CT molecular complexity index is 751. The minimum atomic E-state index is -4.76. The lowest BCUT2D eigenvalue weighted by molar-refractivity contribution is -0.274. The molecule has 124 valence electrons. The minimum Gasteiger partial charge on any atom is -0.406 e. The van der Waals surface area contributed by atoms with Gasteiger partial charge in [-0.3, -0.25) is 4.79 Å². The summed E-state index contributed by atoms with van der Waals surface area (Å²) in [6, 6.07) is 6.80. The molecule has 0 fully saturated rings. The van der Waals surface area contributed by atoms with E-state index in [-0.39, 0.29) is 11.2 Å². The highest BCUT2D eigenvalue weighted by atomic mass is 19.4. The Morgan fingerprint density at radius 3 is 2.52 bits per heavy atom. The standard InChI is InChI=1S/C16H17F3N2O2/c1-4-15(2,3)14-13(22)8-9-21(20-14)11-6-5-7-12(10-11)23-16(17,18)19/h5-10H,4H2,1-3H3. The number of aromatic nitrogens is 2. The summed E-state index contributed by atoms with van der Waals surface area (Å²) in [5.74, 6) is -0.341. The van der Waals surface area contributed by atoms with Gasteiger partial charge in [-0.1, -0.05) is 26.8 Å². The molecule has 0 aliphatic carbocycles. The Balaban J connectivity index is 2.45. The van der Waals surface area contributed by atoms with Crippen LogP contribution in [0.3, 0.4) is 0 Å². The van der Waals surface area contributed by atoms with E-state index in [1.54, 1.807) is 6.07 Å². The van der Waals surface area contributed by atoms with Gasteiger partial charge < -0.3 is 4.74 Å². The highest BCUT2D eigenvalue weighted by molar-refractivity contribution is 5.38. The van der Waals surface area contributed by atoms with Crippen LogP contribution in [0, 0.1) is 0 Å². The van der Waals surface area contributed by atoms with E-state index < -0.39 is 11.8 Å². The third-order valence-electron chi connectivity index (χ3n) is 3.65. The van der Waals surface area contributed by atoms with Gasteiger partial charge in [0.05, 0.1) is 5.69 Å². The third kappa shape index (κ3) is 4.12. The first-order valence-corrected chi connectivity index (χ1v) is 7.09. The van der Waals surface area contributed by atoms with E-state index in [4.69, 9.17) is 0 Å². The van der Waals surface area contributed by atoms with E-state index in [9.17, 15) is 18.0 Å². The van der Waals surface area contributed by atoms with Crippen LogP contribution in [0.25, 0.3) is 5.69 Å². The Hall–Kier alpha value is -2.31. The van der Waals surface area contributed by atoms with Crippen LogP contribution in [0.2, 0.25) is 0 Å². The molecule has 23 heavy (non-hydrogen) atoms. The smallest absolute Gasteiger partial charge is 0.406 e. The summed E-state index contributed by atoms with van der Waals surface area (Å²) >= 11 is 0. The summed E-state index contributed by atoms with van der Waals surface area (Å²) in [7, 11) is 0. The molecule has 0 saturated heterocycles. The number of benzene rings is 1. The number of halogens is 3. The van der Waals surface area contributed by atoms with Crippen LogP contribution in [-0.2, 0) is 5.41 Å². The number of hydrogen-bond donors (Lipinski definition) is 0. The zero-order valence-electron chi connectivity index (χ0n) is 13.0. The molecule has 4 nitrogen and oxygen atoms in total. The van der Waals surface area contributed by atoms with Crippen LogP contribution in [0.1, 0.15) is 32.9 Å². The van der Waals surface area contributed by atoms with Crippen molar-refractivity contribution in [3.05, 3.63) is 52.4 Å². The van der Waals surface area contributed by atoms with Crippen LogP contribution in [-0.4, -0.2) is 16.1 Å². The summed E-state index contributed by atoms with van der Waals surface area (Å²) in [6.07, 6.45) is -2.63. The quantitative estimate of drug-likeness (QED) is 0.858. The van der Waals surface area contributed by atoms with Crippen molar-refractivity contribution in [3.63, 3.8) is 0 Å². The van der Waals surface area contributed by atoms with Crippen LogP contribution >= 0.6 is 0 Å². The summed E-state index contributed by atoms with van der Waals surface area (Å²) in [5, 5.41) is 4.29. The fourth-order valence-corrected chi connectivity index (χ4v) is 2.01. The predicted molar refractivity (Wildman–Crippen MR) is 79.8 cm³/mol. The fraction of sp³-hybridized carbons (Fsp3) is 0.375. The fourth-order valence-electron chi connectivity index (χ4n) is 2.01. The molecule has 1 aromatic heterocycles. The van der Waals surface area contributed by atoms with Gasteiger partial charge in [0.25, 0.3) is 0 Å². The van der Waals surface area contributed by atoms with Crippen molar-refractivity contribution in [2.24, 2.45) is 0 Å². The first-order chi connectivity index (χ1) is 10.6. The minimum absolute atomic E-state index is 0.198. The van der Waals surface area contributed by atoms with Crippen molar-refractivity contribution >= 4 is 0 Å². The molecule has 0 spiro atoms. The molecule has 0 bridgehead atoms. The maximum absolute atomic E-state index is 12.3. The van der Waals surface area contributed by atoms with Crippen LogP contribution < -0.4 is 10.2 Å². The third-order valence-corrected chi connectivity index (χ3v) is 3.65. The maximum Gasteiger partial charge on any atom is 0.573 e. The van der Waals surface area contributed by atoms with E-state index in [2.05, 4.69) is 9.84 Å². The highest BCUT2D eigenvalue weighted by Crippen LogP contribution is 2.25. The second kappa shape index (κ2) is 6.06. The van der Waals surface area contributed by atoms with Crippen molar-refractivity contribution in [2.75, 3.05) is 0 Å². The van der Waals surface area contributed by atoms with Crippen molar-refractivity contribution < 1.29 is 17.9 Å². The summed E-state index contributed by atoms with van der Waals surface area (Å²) in [6.45, 7) is 5.73. The molecule has 2 aromatic rings. The zero-order valence-corrected chi connectivity index (χ0v) is 13.0. The van der Waals surface area contributed by atoms with Gasteiger partial charge in [-0.05, 0) is 18.6 Å². The molecule has 2 rings (SSSR count).